The molecule has 0 saturated carbocycles. The molecular formula is C32H35NO5. The number of ether oxygens (including phenoxy) is 2. The zero-order chi connectivity index (χ0) is 27.6. The lowest BCUT2D eigenvalue weighted by molar-refractivity contribution is -0.132. The van der Waals surface area contributed by atoms with Gasteiger partial charge >= 0.3 is 0 Å². The van der Waals surface area contributed by atoms with Gasteiger partial charge in [-0.05, 0) is 77.9 Å². The topological polar surface area (TPSA) is 76.1 Å². The standard InChI is InChI=1S/C32H35NO5/c1-19(2)18-38-25-12-8-10-22(16-25)29-28(30(34)23-13-14-27(37-6)26(17-23)20(3)4)31(35)32(36)33(29)24-11-7-9-21(5)15-24/h7-17,19-20,29,34H,18H2,1-6H3/b30-28+. The molecule has 6 nitrogen and oxygen atoms in total. The van der Waals surface area contributed by atoms with Gasteiger partial charge in [-0.25, -0.2) is 0 Å². The first-order valence-electron chi connectivity index (χ1n) is 12.9. The molecule has 1 amide bonds. The largest absolute Gasteiger partial charge is 0.507 e. The molecule has 1 fully saturated rings. The monoisotopic (exact) mass is 513 g/mol. The minimum absolute atomic E-state index is 0.0392. The van der Waals surface area contributed by atoms with Crippen LogP contribution in [0.1, 0.15) is 61.9 Å². The van der Waals surface area contributed by atoms with Gasteiger partial charge in [0.1, 0.15) is 17.3 Å². The second-order valence-electron chi connectivity index (χ2n) is 10.4. The Morgan fingerprint density at radius 3 is 2.37 bits per heavy atom. The molecule has 0 spiro atoms. The summed E-state index contributed by atoms with van der Waals surface area (Å²) in [4.78, 5) is 28.5. The van der Waals surface area contributed by atoms with Crippen LogP contribution in [-0.4, -0.2) is 30.5 Å². The van der Waals surface area contributed by atoms with Gasteiger partial charge in [0, 0.05) is 11.3 Å². The molecule has 1 aliphatic heterocycles. The van der Waals surface area contributed by atoms with Gasteiger partial charge in [-0.1, -0.05) is 52.0 Å². The molecule has 198 valence electrons. The van der Waals surface area contributed by atoms with Crippen LogP contribution in [-0.2, 0) is 9.59 Å². The number of aliphatic hydroxyl groups is 1. The minimum atomic E-state index is -0.830. The van der Waals surface area contributed by atoms with Gasteiger partial charge in [-0.2, -0.15) is 0 Å². The molecule has 0 aromatic heterocycles. The van der Waals surface area contributed by atoms with Crippen LogP contribution >= 0.6 is 0 Å². The van der Waals surface area contributed by atoms with Crippen LogP contribution in [0.4, 0.5) is 5.69 Å². The number of Topliss-reactive ketones (excluding diaryl/α,β-unsaturated/α-hetero) is 1. The fourth-order valence-corrected chi connectivity index (χ4v) is 4.72. The fraction of sp³-hybridized carbons (Fsp3) is 0.312. The zero-order valence-corrected chi connectivity index (χ0v) is 22.8. The molecule has 4 rings (SSSR count). The van der Waals surface area contributed by atoms with Crippen molar-refractivity contribution in [2.24, 2.45) is 5.92 Å². The van der Waals surface area contributed by atoms with E-state index in [2.05, 4.69) is 13.8 Å². The van der Waals surface area contributed by atoms with E-state index in [1.807, 2.05) is 69.3 Å². The summed E-state index contributed by atoms with van der Waals surface area (Å²) in [7, 11) is 1.60. The van der Waals surface area contributed by atoms with Crippen molar-refractivity contribution in [3.05, 3.63) is 94.6 Å². The Morgan fingerprint density at radius 2 is 1.71 bits per heavy atom. The third kappa shape index (κ3) is 5.30. The van der Waals surface area contributed by atoms with E-state index in [1.54, 1.807) is 25.3 Å². The first-order valence-corrected chi connectivity index (χ1v) is 12.9. The number of ketones is 1. The van der Waals surface area contributed by atoms with E-state index < -0.39 is 17.7 Å². The van der Waals surface area contributed by atoms with Gasteiger partial charge in [0.05, 0.1) is 25.3 Å². The van der Waals surface area contributed by atoms with E-state index in [-0.39, 0.29) is 17.3 Å². The number of hydrogen-bond donors (Lipinski definition) is 1. The van der Waals surface area contributed by atoms with Crippen LogP contribution < -0.4 is 14.4 Å². The number of benzene rings is 3. The lowest BCUT2D eigenvalue weighted by atomic mass is 9.93. The molecule has 1 unspecified atom stereocenters. The third-order valence-electron chi connectivity index (χ3n) is 6.61. The van der Waals surface area contributed by atoms with Crippen molar-refractivity contribution in [1.29, 1.82) is 0 Å². The number of carbonyl (C=O) groups excluding carboxylic acids is 2. The maximum atomic E-state index is 13.5. The number of nitrogens with zero attached hydrogens (tertiary/aromatic N) is 1. The molecule has 38 heavy (non-hydrogen) atoms. The summed E-state index contributed by atoms with van der Waals surface area (Å²) in [6.07, 6.45) is 0. The summed E-state index contributed by atoms with van der Waals surface area (Å²) >= 11 is 0. The quantitative estimate of drug-likeness (QED) is 0.204. The zero-order valence-electron chi connectivity index (χ0n) is 22.8. The van der Waals surface area contributed by atoms with Crippen LogP contribution in [0.2, 0.25) is 0 Å². The smallest absolute Gasteiger partial charge is 0.300 e. The first-order chi connectivity index (χ1) is 18.1. The Labute approximate surface area is 224 Å². The second-order valence-corrected chi connectivity index (χ2v) is 10.4. The molecular weight excluding hydrogens is 478 g/mol. The van der Waals surface area contributed by atoms with Gasteiger partial charge in [-0.3, -0.25) is 14.5 Å². The van der Waals surface area contributed by atoms with Crippen LogP contribution in [0, 0.1) is 12.8 Å². The van der Waals surface area contributed by atoms with Gasteiger partial charge in [0.15, 0.2) is 0 Å². The van der Waals surface area contributed by atoms with E-state index in [0.717, 1.165) is 11.1 Å². The molecule has 0 radical (unpaired) electrons. The number of aryl methyl sites for hydroxylation is 1. The predicted octanol–water partition coefficient (Wildman–Crippen LogP) is 6.79. The highest BCUT2D eigenvalue weighted by Gasteiger charge is 2.47. The molecule has 3 aromatic rings. The molecule has 3 aromatic carbocycles. The van der Waals surface area contributed by atoms with Gasteiger partial charge in [0.25, 0.3) is 11.7 Å². The SMILES string of the molecule is COc1ccc(/C(O)=C2\C(=O)C(=O)N(c3cccc(C)c3)C2c2cccc(OCC(C)C)c2)cc1C(C)C. The number of rotatable bonds is 8. The fourth-order valence-electron chi connectivity index (χ4n) is 4.72. The van der Waals surface area contributed by atoms with Crippen molar-refractivity contribution in [2.45, 2.75) is 46.6 Å². The number of carbonyl (C=O) groups is 2. The van der Waals surface area contributed by atoms with Crippen LogP contribution in [0.15, 0.2) is 72.3 Å². The Kier molecular flexibility index (Phi) is 7.91. The van der Waals surface area contributed by atoms with Crippen molar-refractivity contribution >= 4 is 23.1 Å². The first kappa shape index (κ1) is 27.0. The normalized spacial score (nSPS) is 16.9. The number of aliphatic hydroxyl groups excluding tert-OH is 1. The number of methoxy groups -OCH3 is 1. The highest BCUT2D eigenvalue weighted by Crippen LogP contribution is 2.43. The van der Waals surface area contributed by atoms with Crippen LogP contribution in [0.25, 0.3) is 5.76 Å². The Bertz CT molecular complexity index is 1390. The summed E-state index contributed by atoms with van der Waals surface area (Å²) < 4.78 is 11.4. The van der Waals surface area contributed by atoms with E-state index >= 15 is 0 Å². The summed E-state index contributed by atoms with van der Waals surface area (Å²) in [5, 5.41) is 11.6. The van der Waals surface area contributed by atoms with E-state index in [1.165, 1.54) is 4.90 Å². The minimum Gasteiger partial charge on any atom is -0.507 e. The maximum Gasteiger partial charge on any atom is 0.300 e. The average Bonchev–Trinajstić information content (AvgIpc) is 3.17. The van der Waals surface area contributed by atoms with E-state index in [9.17, 15) is 14.7 Å². The lowest BCUT2D eigenvalue weighted by Crippen LogP contribution is -2.29. The number of hydrogen-bond acceptors (Lipinski definition) is 5. The molecule has 6 heteroatoms. The van der Waals surface area contributed by atoms with Gasteiger partial charge < -0.3 is 14.6 Å². The van der Waals surface area contributed by atoms with Gasteiger partial charge in [0.2, 0.25) is 0 Å². The Hall–Kier alpha value is -4.06. The highest BCUT2D eigenvalue weighted by molar-refractivity contribution is 6.51. The van der Waals surface area contributed by atoms with Crippen molar-refractivity contribution in [3.8, 4) is 11.5 Å². The maximum absolute atomic E-state index is 13.5. The molecule has 1 atom stereocenters. The third-order valence-corrected chi connectivity index (χ3v) is 6.61. The number of amides is 1. The summed E-state index contributed by atoms with van der Waals surface area (Å²) in [5.74, 6) is 0.153. The molecule has 0 bridgehead atoms. The van der Waals surface area contributed by atoms with Crippen molar-refractivity contribution in [1.82, 2.24) is 0 Å². The summed E-state index contributed by atoms with van der Waals surface area (Å²) in [5.41, 5.74) is 3.60. The average molecular weight is 514 g/mol. The van der Waals surface area contributed by atoms with Crippen molar-refractivity contribution in [3.63, 3.8) is 0 Å². The van der Waals surface area contributed by atoms with E-state index in [0.29, 0.717) is 40.8 Å². The number of anilines is 1. The molecule has 1 aliphatic rings. The molecule has 1 saturated heterocycles. The second kappa shape index (κ2) is 11.1. The molecule has 0 aliphatic carbocycles. The van der Waals surface area contributed by atoms with Crippen LogP contribution in [0.3, 0.4) is 0 Å². The molecule has 1 N–H and O–H groups in total. The van der Waals surface area contributed by atoms with Crippen LogP contribution in [0.5, 0.6) is 11.5 Å². The predicted molar refractivity (Wildman–Crippen MR) is 150 cm³/mol. The summed E-state index contributed by atoms with van der Waals surface area (Å²) in [6.45, 7) is 10.7. The lowest BCUT2D eigenvalue weighted by Gasteiger charge is -2.26. The summed E-state index contributed by atoms with van der Waals surface area (Å²) in [6, 6.07) is 19.3. The van der Waals surface area contributed by atoms with Crippen molar-refractivity contribution in [2.75, 3.05) is 18.6 Å². The van der Waals surface area contributed by atoms with Crippen molar-refractivity contribution < 1.29 is 24.2 Å². The Balaban J connectivity index is 1.92. The molecule has 1 heterocycles. The Morgan fingerprint density at radius 1 is 0.974 bits per heavy atom. The van der Waals surface area contributed by atoms with Gasteiger partial charge in [-0.15, -0.1) is 0 Å². The highest BCUT2D eigenvalue weighted by atomic mass is 16.5. The van der Waals surface area contributed by atoms with E-state index in [4.69, 9.17) is 9.47 Å².